The lowest BCUT2D eigenvalue weighted by Gasteiger charge is -2.39. The number of aliphatic hydroxyl groups is 1. The molecule has 0 saturated carbocycles. The van der Waals surface area contributed by atoms with E-state index in [4.69, 9.17) is 14.5 Å². The molecule has 3 heterocycles. The summed E-state index contributed by atoms with van der Waals surface area (Å²) in [5.74, 6) is -1.37. The smallest absolute Gasteiger partial charge is 0.329 e. The molecule has 0 unspecified atom stereocenters. The van der Waals surface area contributed by atoms with Crippen LogP contribution in [0.25, 0.3) is 0 Å². The van der Waals surface area contributed by atoms with Gasteiger partial charge < -0.3 is 34.6 Å². The number of cyclic esters (lactones) is 1. The summed E-state index contributed by atoms with van der Waals surface area (Å²) in [6.07, 6.45) is 4.29. The standard InChI is InChI=1S/C48H75N5O8S/c1-14-29(3)41-46(58)53-21-15-16-38(53)47(59)61-40(31(5)26-48(8,9)10)23-28(2)22-39(54)32(6)43-49-35(27-62-43)24-30(4)42(55)50-37(25-34-17-19-36(60-13)20-18-34)45(57)51(11)33(7)44(56)52(41)12/h17-20,24,28-29,31-33,35,37-41,54H,14-16,21-23,25-27H2,1-13H3,(H,50,55)/b30-24+/t28-,29-,31-,32-,33-,35-,37-,38-,39-,40-,41-/m0/s1. The van der Waals surface area contributed by atoms with Crippen LogP contribution in [0.5, 0.6) is 5.75 Å². The molecule has 1 saturated heterocycles. The Labute approximate surface area is 375 Å². The summed E-state index contributed by atoms with van der Waals surface area (Å²) in [7, 11) is 4.69. The SMILES string of the molecule is CC[C@H](C)[C@H]1C(=O)N2CCC[C@H]2C(=O)O[C@H]([C@@H](C)CC(C)(C)C)C[C@@H](C)C[C@H](O)[C@H](C)C2=N[C@@H](/C=C(\C)C(=O)N[C@@H](Cc3ccc(OC)cc3)C(=O)N(C)[C@@H](C)C(=O)N1C)CS2. The van der Waals surface area contributed by atoms with Crippen LogP contribution in [0.1, 0.15) is 113 Å². The number of esters is 1. The summed E-state index contributed by atoms with van der Waals surface area (Å²) < 4.78 is 11.8. The average Bonchev–Trinajstić information content (AvgIpc) is 3.91. The van der Waals surface area contributed by atoms with Crippen molar-refractivity contribution in [2.24, 2.45) is 34.1 Å². The lowest BCUT2D eigenvalue weighted by Crippen LogP contribution is -2.59. The molecule has 0 aliphatic carbocycles. The number of hydrogen-bond donors (Lipinski definition) is 2. The third-order valence-electron chi connectivity index (χ3n) is 13.1. The van der Waals surface area contributed by atoms with E-state index in [1.54, 1.807) is 62.9 Å². The van der Waals surface area contributed by atoms with Crippen molar-refractivity contribution in [2.75, 3.05) is 33.5 Å². The Morgan fingerprint density at radius 1 is 0.968 bits per heavy atom. The molecule has 0 radical (unpaired) electrons. The number of carbonyl (C=O) groups is 5. The number of benzene rings is 1. The van der Waals surface area contributed by atoms with Crippen LogP contribution in [0.3, 0.4) is 0 Å². The fourth-order valence-electron chi connectivity index (χ4n) is 9.07. The fourth-order valence-corrected chi connectivity index (χ4v) is 10.2. The number of nitrogens with zero attached hydrogens (tertiary/aromatic N) is 4. The molecular formula is C48H75N5O8S. The number of ether oxygens (including phenoxy) is 2. The van der Waals surface area contributed by atoms with Gasteiger partial charge in [-0.1, -0.05) is 80.0 Å². The van der Waals surface area contributed by atoms with Crippen LogP contribution in [0.4, 0.5) is 0 Å². The van der Waals surface area contributed by atoms with Gasteiger partial charge in [0.15, 0.2) is 0 Å². The highest BCUT2D eigenvalue weighted by Crippen LogP contribution is 2.34. The second-order valence-corrected chi connectivity index (χ2v) is 20.6. The first-order chi connectivity index (χ1) is 29.1. The fraction of sp³-hybridized carbons (Fsp3) is 0.708. The first kappa shape index (κ1) is 50.7. The third-order valence-corrected chi connectivity index (χ3v) is 14.4. The summed E-state index contributed by atoms with van der Waals surface area (Å²) in [4.78, 5) is 81.0. The number of nitrogens with one attached hydrogen (secondary N) is 1. The van der Waals surface area contributed by atoms with Crippen molar-refractivity contribution in [1.29, 1.82) is 0 Å². The highest BCUT2D eigenvalue weighted by Gasteiger charge is 2.44. The predicted octanol–water partition coefficient (Wildman–Crippen LogP) is 6.30. The zero-order chi connectivity index (χ0) is 46.2. The topological polar surface area (TPSA) is 158 Å². The molecule has 13 nitrogen and oxygen atoms in total. The van der Waals surface area contributed by atoms with Gasteiger partial charge in [-0.05, 0) is 86.8 Å². The van der Waals surface area contributed by atoms with Crippen LogP contribution in [0.2, 0.25) is 0 Å². The molecule has 0 spiro atoms. The summed E-state index contributed by atoms with van der Waals surface area (Å²) >= 11 is 1.57. The Hall–Kier alpha value is -3.91. The number of thioether (sulfide) groups is 1. The van der Waals surface area contributed by atoms with Crippen molar-refractivity contribution >= 4 is 46.4 Å². The minimum atomic E-state index is -1.04. The van der Waals surface area contributed by atoms with Gasteiger partial charge in [0.1, 0.15) is 36.0 Å². The van der Waals surface area contributed by atoms with Gasteiger partial charge in [-0.2, -0.15) is 0 Å². The highest BCUT2D eigenvalue weighted by atomic mass is 32.2. The van der Waals surface area contributed by atoms with Gasteiger partial charge in [-0.25, -0.2) is 4.79 Å². The van der Waals surface area contributed by atoms with Crippen LogP contribution in [-0.4, -0.2) is 130 Å². The van der Waals surface area contributed by atoms with Crippen molar-refractivity contribution in [1.82, 2.24) is 20.0 Å². The molecule has 4 rings (SSSR count). The molecule has 1 fully saturated rings. The van der Waals surface area contributed by atoms with Gasteiger partial charge >= 0.3 is 5.97 Å². The van der Waals surface area contributed by atoms with E-state index in [0.29, 0.717) is 55.7 Å². The Kier molecular flexibility index (Phi) is 18.1. The second-order valence-electron chi connectivity index (χ2n) is 19.5. The molecular weight excluding hydrogens is 807 g/mol. The van der Waals surface area contributed by atoms with Gasteiger partial charge in [-0.3, -0.25) is 24.2 Å². The molecule has 14 heteroatoms. The second kappa shape index (κ2) is 22.1. The van der Waals surface area contributed by atoms with Crippen LogP contribution >= 0.6 is 11.8 Å². The van der Waals surface area contributed by atoms with Crippen LogP contribution in [0, 0.1) is 29.1 Å². The van der Waals surface area contributed by atoms with E-state index in [9.17, 15) is 29.1 Å². The molecule has 62 heavy (non-hydrogen) atoms. The molecule has 0 aromatic heterocycles. The van der Waals surface area contributed by atoms with Crippen molar-refractivity contribution in [3.8, 4) is 5.75 Å². The highest BCUT2D eigenvalue weighted by molar-refractivity contribution is 8.14. The minimum Gasteiger partial charge on any atom is -0.497 e. The van der Waals surface area contributed by atoms with E-state index in [2.05, 4.69) is 39.9 Å². The van der Waals surface area contributed by atoms with Gasteiger partial charge in [-0.15, -0.1) is 11.8 Å². The number of aliphatic hydroxyl groups excluding tert-OH is 1. The number of amides is 4. The van der Waals surface area contributed by atoms with Crippen molar-refractivity contribution in [3.63, 3.8) is 0 Å². The van der Waals surface area contributed by atoms with Crippen LogP contribution in [0.15, 0.2) is 40.9 Å². The first-order valence-electron chi connectivity index (χ1n) is 22.6. The van der Waals surface area contributed by atoms with Gasteiger partial charge in [0.2, 0.25) is 23.6 Å². The molecule has 3 aliphatic rings. The summed E-state index contributed by atoms with van der Waals surface area (Å²) in [5, 5.41) is 15.3. The van der Waals surface area contributed by atoms with Crippen molar-refractivity contribution < 1.29 is 38.6 Å². The van der Waals surface area contributed by atoms with E-state index < -0.39 is 60.1 Å². The van der Waals surface area contributed by atoms with E-state index in [1.807, 2.05) is 32.9 Å². The molecule has 11 atom stereocenters. The molecule has 1 aromatic rings. The molecule has 2 bridgehead atoms. The Bertz CT molecular complexity index is 1800. The maximum atomic E-state index is 14.7. The number of fused-ring (bicyclic) bond motifs is 2. The maximum Gasteiger partial charge on any atom is 0.329 e. The zero-order valence-electron chi connectivity index (χ0n) is 39.6. The largest absolute Gasteiger partial charge is 0.497 e. The average molecular weight is 882 g/mol. The molecule has 4 amide bonds. The number of hydrogen-bond acceptors (Lipinski definition) is 10. The molecule has 3 aliphatic heterocycles. The summed E-state index contributed by atoms with van der Waals surface area (Å²) in [6, 6.07) is 3.19. The monoisotopic (exact) mass is 882 g/mol. The normalized spacial score (nSPS) is 31.2. The third kappa shape index (κ3) is 13.1. The van der Waals surface area contributed by atoms with Gasteiger partial charge in [0.05, 0.1) is 24.3 Å². The summed E-state index contributed by atoms with van der Waals surface area (Å²) in [5.41, 5.74) is 1.15. The van der Waals surface area contributed by atoms with Crippen LogP contribution in [-0.2, 0) is 35.1 Å². The number of methoxy groups -OCH3 is 1. The Morgan fingerprint density at radius 2 is 1.63 bits per heavy atom. The van der Waals surface area contributed by atoms with E-state index in [-0.39, 0.29) is 47.5 Å². The number of aliphatic imine (C=N–C) groups is 1. The maximum absolute atomic E-state index is 14.7. The van der Waals surface area contributed by atoms with Gasteiger partial charge in [0.25, 0.3) is 0 Å². The van der Waals surface area contributed by atoms with Crippen molar-refractivity contribution in [3.05, 3.63) is 41.5 Å². The van der Waals surface area contributed by atoms with Crippen LogP contribution < -0.4 is 10.1 Å². The van der Waals surface area contributed by atoms with Gasteiger partial charge in [0, 0.05) is 44.3 Å². The zero-order valence-corrected chi connectivity index (χ0v) is 40.4. The lowest BCUT2D eigenvalue weighted by molar-refractivity contribution is -0.164. The lowest BCUT2D eigenvalue weighted by atomic mass is 9.80. The van der Waals surface area contributed by atoms with E-state index >= 15 is 0 Å². The Balaban J connectivity index is 1.75. The van der Waals surface area contributed by atoms with E-state index in [1.165, 1.54) is 16.8 Å². The first-order valence-corrected chi connectivity index (χ1v) is 23.6. The van der Waals surface area contributed by atoms with Crippen molar-refractivity contribution in [2.45, 2.75) is 157 Å². The number of carbonyl (C=O) groups excluding carboxylic acids is 5. The molecule has 2 N–H and O–H groups in total. The summed E-state index contributed by atoms with van der Waals surface area (Å²) in [6.45, 7) is 20.2. The molecule has 1 aromatic carbocycles. The predicted molar refractivity (Wildman–Crippen MR) is 246 cm³/mol. The number of likely N-dealkylation sites (N-methyl/N-ethyl adjacent to an activating group) is 2. The Morgan fingerprint density at radius 3 is 2.24 bits per heavy atom. The quantitative estimate of drug-likeness (QED) is 0.300. The molecule has 346 valence electrons. The number of rotatable bonds is 7. The van der Waals surface area contributed by atoms with E-state index in [0.717, 1.165) is 17.0 Å². The minimum absolute atomic E-state index is 0.000217.